The smallest absolute Gasteiger partial charge is 0.261 e. The zero-order valence-electron chi connectivity index (χ0n) is 18.2. The summed E-state index contributed by atoms with van der Waals surface area (Å²) in [5.41, 5.74) is 3.80. The van der Waals surface area contributed by atoms with E-state index in [9.17, 15) is 19.2 Å². The summed E-state index contributed by atoms with van der Waals surface area (Å²) in [4.78, 5) is 57.9. The van der Waals surface area contributed by atoms with Crippen LogP contribution in [-0.2, 0) is 19.2 Å². The van der Waals surface area contributed by atoms with E-state index in [2.05, 4.69) is 0 Å². The number of rotatable bonds is 2. The van der Waals surface area contributed by atoms with E-state index >= 15 is 0 Å². The first kappa shape index (κ1) is 19.6. The molecule has 0 radical (unpaired) electrons. The third-order valence-electron chi connectivity index (χ3n) is 8.50. The molecule has 0 spiro atoms. The minimum absolute atomic E-state index is 0.0535. The van der Waals surface area contributed by atoms with Gasteiger partial charge in [-0.25, -0.2) is 0 Å². The Morgan fingerprint density at radius 1 is 0.727 bits per heavy atom. The summed E-state index contributed by atoms with van der Waals surface area (Å²) in [6.45, 7) is 0. The first-order valence-corrected chi connectivity index (χ1v) is 13.0. The summed E-state index contributed by atoms with van der Waals surface area (Å²) in [7, 11) is 0. The van der Waals surface area contributed by atoms with E-state index in [1.54, 1.807) is 12.2 Å². The molecule has 33 heavy (non-hydrogen) atoms. The second kappa shape index (κ2) is 6.86. The van der Waals surface area contributed by atoms with Gasteiger partial charge in [0.25, 0.3) is 17.7 Å². The molecule has 1 saturated heterocycles. The van der Waals surface area contributed by atoms with Gasteiger partial charge in [-0.05, 0) is 53.7 Å². The molecule has 1 aromatic rings. The number of nitrogens with zero attached hydrogens (tertiary/aromatic N) is 2. The maximum atomic E-state index is 13.9. The van der Waals surface area contributed by atoms with Gasteiger partial charge in [0.15, 0.2) is 0 Å². The van der Waals surface area contributed by atoms with Gasteiger partial charge >= 0.3 is 0 Å². The molecule has 0 bridgehead atoms. The maximum absolute atomic E-state index is 13.9. The van der Waals surface area contributed by atoms with E-state index in [1.807, 2.05) is 10.8 Å². The van der Waals surface area contributed by atoms with Crippen LogP contribution in [0.25, 0.3) is 5.57 Å². The van der Waals surface area contributed by atoms with Crippen LogP contribution in [0, 0.1) is 5.92 Å². The number of likely N-dealkylation sites (tertiary alicyclic amines) is 1. The number of carbonyl (C=O) groups is 4. The number of thiophene rings is 1. The lowest BCUT2D eigenvalue weighted by atomic mass is 9.62. The Morgan fingerprint density at radius 2 is 1.39 bits per heavy atom. The lowest BCUT2D eigenvalue weighted by molar-refractivity contribution is -0.151. The zero-order chi connectivity index (χ0) is 22.4. The number of carbonyl (C=O) groups excluding carboxylic acids is 4. The van der Waals surface area contributed by atoms with Gasteiger partial charge < -0.3 is 0 Å². The minimum Gasteiger partial charge on any atom is -0.275 e. The molecule has 2 aliphatic heterocycles. The summed E-state index contributed by atoms with van der Waals surface area (Å²) in [5.74, 6) is -2.02. The van der Waals surface area contributed by atoms with Gasteiger partial charge in [-0.1, -0.05) is 31.8 Å². The third-order valence-corrected chi connectivity index (χ3v) is 9.26. The van der Waals surface area contributed by atoms with Crippen molar-refractivity contribution in [3.63, 3.8) is 0 Å². The van der Waals surface area contributed by atoms with E-state index in [-0.39, 0.29) is 35.7 Å². The van der Waals surface area contributed by atoms with Gasteiger partial charge in [0, 0.05) is 34.7 Å². The lowest BCUT2D eigenvalue weighted by Gasteiger charge is -2.48. The summed E-state index contributed by atoms with van der Waals surface area (Å²) in [5, 5.41) is 3.90. The van der Waals surface area contributed by atoms with E-state index in [0.717, 1.165) is 62.5 Å². The highest BCUT2D eigenvalue weighted by molar-refractivity contribution is 7.08. The highest BCUT2D eigenvalue weighted by atomic mass is 32.1. The van der Waals surface area contributed by atoms with Crippen LogP contribution in [0.15, 0.2) is 39.6 Å². The second-order valence-corrected chi connectivity index (χ2v) is 10.8. The van der Waals surface area contributed by atoms with E-state index in [4.69, 9.17) is 0 Å². The molecule has 168 valence electrons. The van der Waals surface area contributed by atoms with Crippen LogP contribution in [0.5, 0.6) is 0 Å². The first-order chi connectivity index (χ1) is 16.1. The first-order valence-electron chi connectivity index (χ1n) is 12.1. The van der Waals surface area contributed by atoms with E-state index in [0.29, 0.717) is 22.3 Å². The highest BCUT2D eigenvalue weighted by Crippen LogP contribution is 2.56. The van der Waals surface area contributed by atoms with Gasteiger partial charge in [0.2, 0.25) is 5.91 Å². The van der Waals surface area contributed by atoms with Gasteiger partial charge in [-0.15, -0.1) is 0 Å². The summed E-state index contributed by atoms with van der Waals surface area (Å²) >= 11 is 1.48. The molecule has 6 aliphatic rings. The molecule has 3 heterocycles. The number of fused-ring (bicyclic) bond motifs is 3. The monoisotopic (exact) mass is 460 g/mol. The molecule has 4 aliphatic carbocycles. The van der Waals surface area contributed by atoms with Crippen LogP contribution in [0.4, 0.5) is 0 Å². The number of hydrogen-bond donors (Lipinski definition) is 0. The second-order valence-electron chi connectivity index (χ2n) is 10.1. The van der Waals surface area contributed by atoms with Crippen molar-refractivity contribution < 1.29 is 19.2 Å². The molecule has 7 heteroatoms. The average Bonchev–Trinajstić information content (AvgIpc) is 3.58. The fourth-order valence-electron chi connectivity index (χ4n) is 7.03. The molecule has 3 fully saturated rings. The zero-order valence-corrected chi connectivity index (χ0v) is 19.0. The molecule has 7 rings (SSSR count). The van der Waals surface area contributed by atoms with Crippen molar-refractivity contribution in [3.8, 4) is 0 Å². The van der Waals surface area contributed by atoms with Gasteiger partial charge in [0.05, 0.1) is 11.5 Å². The molecule has 2 saturated carbocycles. The molecule has 4 amide bonds. The Morgan fingerprint density at radius 3 is 2.09 bits per heavy atom. The predicted molar refractivity (Wildman–Crippen MR) is 122 cm³/mol. The average molecular weight is 461 g/mol. The number of hydrogen-bond acceptors (Lipinski definition) is 5. The van der Waals surface area contributed by atoms with Crippen molar-refractivity contribution >= 4 is 40.5 Å². The molecular formula is C26H24N2O4S. The van der Waals surface area contributed by atoms with Crippen molar-refractivity contribution in [1.82, 2.24) is 9.80 Å². The quantitative estimate of drug-likeness (QED) is 0.631. The van der Waals surface area contributed by atoms with Crippen molar-refractivity contribution in [3.05, 3.63) is 50.8 Å². The van der Waals surface area contributed by atoms with Crippen molar-refractivity contribution in [2.24, 2.45) is 5.92 Å². The topological polar surface area (TPSA) is 74.8 Å². The van der Waals surface area contributed by atoms with Gasteiger partial charge in [-0.3, -0.25) is 29.0 Å². The highest BCUT2D eigenvalue weighted by Gasteiger charge is 2.57. The molecule has 0 aromatic carbocycles. The van der Waals surface area contributed by atoms with Crippen LogP contribution < -0.4 is 0 Å². The van der Waals surface area contributed by atoms with E-state index in [1.165, 1.54) is 21.1 Å². The van der Waals surface area contributed by atoms with Crippen LogP contribution >= 0.6 is 11.3 Å². The summed E-state index contributed by atoms with van der Waals surface area (Å²) < 4.78 is 0. The number of piperidine rings is 1. The minimum atomic E-state index is -0.545. The molecule has 2 atom stereocenters. The van der Waals surface area contributed by atoms with Gasteiger partial charge in [0.1, 0.15) is 0 Å². The van der Waals surface area contributed by atoms with Crippen LogP contribution in [-0.4, -0.2) is 45.5 Å². The Kier molecular flexibility index (Phi) is 4.08. The Balaban J connectivity index is 1.45. The van der Waals surface area contributed by atoms with Crippen molar-refractivity contribution in [2.75, 3.05) is 0 Å². The fraction of sp³-hybridized carbons (Fsp3) is 0.462. The third kappa shape index (κ3) is 2.43. The Hall–Kier alpha value is -2.80. The molecule has 1 aromatic heterocycles. The number of amides is 4. The van der Waals surface area contributed by atoms with Crippen LogP contribution in [0.2, 0.25) is 0 Å². The Bertz CT molecular complexity index is 1240. The fourth-order valence-corrected chi connectivity index (χ4v) is 7.91. The lowest BCUT2D eigenvalue weighted by Crippen LogP contribution is -2.57. The summed E-state index contributed by atoms with van der Waals surface area (Å²) in [6.07, 6.45) is 10.9. The Labute approximate surface area is 195 Å². The SMILES string of the molecule is O=C1C2=CC=C3C(=O)N(C4CCCC4)C(=O)C4c5cscc5C(=C2[C@H]34)C(=O)N1C1CCCC1. The number of allylic oxidation sites excluding steroid dienone is 2. The maximum Gasteiger partial charge on any atom is 0.261 e. The van der Waals surface area contributed by atoms with Crippen molar-refractivity contribution in [2.45, 2.75) is 69.4 Å². The van der Waals surface area contributed by atoms with Crippen LogP contribution in [0.3, 0.4) is 0 Å². The predicted octanol–water partition coefficient (Wildman–Crippen LogP) is 3.70. The molecule has 0 N–H and O–H groups in total. The van der Waals surface area contributed by atoms with Crippen LogP contribution in [0.1, 0.15) is 68.4 Å². The summed E-state index contributed by atoms with van der Waals surface area (Å²) in [6, 6.07) is -0.125. The van der Waals surface area contributed by atoms with Crippen molar-refractivity contribution in [1.29, 1.82) is 0 Å². The molecule has 1 unspecified atom stereocenters. The van der Waals surface area contributed by atoms with E-state index < -0.39 is 11.8 Å². The standard InChI is InChI=1S/C26H24N2O4S/c29-23-15-9-10-16-20-19(15)21(25(31)27(23)13-5-1-2-6-13)17-11-33-12-18(17)22(20)26(32)28(24(16)30)14-7-3-4-8-14/h9-14,19,21H,1-8H2/t19-,21?/m0/s1. The normalized spacial score (nSPS) is 29.6. The largest absolute Gasteiger partial charge is 0.275 e. The van der Waals surface area contributed by atoms with Gasteiger partial charge in [-0.2, -0.15) is 11.3 Å². The molecular weight excluding hydrogens is 436 g/mol. The number of imide groups is 2. The molecule has 6 nitrogen and oxygen atoms in total.